The first-order valence-electron chi connectivity index (χ1n) is 15.4. The molecule has 10 aromatic rings. The molecule has 45 heavy (non-hydrogen) atoms. The topological polar surface area (TPSA) is 23.0 Å². The van der Waals surface area contributed by atoms with Crippen molar-refractivity contribution in [2.24, 2.45) is 0 Å². The number of para-hydroxylation sites is 3. The maximum atomic E-state index is 6.32. The molecule has 0 saturated heterocycles. The Hall–Kier alpha value is -6.06. The maximum Gasteiger partial charge on any atom is 0.137 e. The fourth-order valence-electron chi connectivity index (χ4n) is 7.27. The van der Waals surface area contributed by atoms with Crippen molar-refractivity contribution in [3.05, 3.63) is 158 Å². The van der Waals surface area contributed by atoms with Gasteiger partial charge >= 0.3 is 0 Å². The number of furan rings is 1. The number of aromatic nitrogens is 2. The standard InChI is InChI=1S/C42H26N2O/c1-2-10-27(11-3-1)28-18-20-29(21-19-28)43-37-15-7-4-12-31(37)35-26-40-36(25-39(35)43)32-13-5-8-16-38(32)44(40)30-22-23-34-33-14-6-9-17-41(33)45-42(34)24-30/h1-26H. The van der Waals surface area contributed by atoms with Crippen molar-refractivity contribution in [1.82, 2.24) is 9.13 Å². The number of nitrogens with zero attached hydrogens (tertiary/aromatic N) is 2. The average Bonchev–Trinajstić information content (AvgIpc) is 3.75. The highest BCUT2D eigenvalue weighted by Gasteiger charge is 2.19. The lowest BCUT2D eigenvalue weighted by Gasteiger charge is -2.10. The van der Waals surface area contributed by atoms with Gasteiger partial charge in [-0.2, -0.15) is 0 Å². The average molecular weight is 575 g/mol. The molecule has 0 spiro atoms. The summed E-state index contributed by atoms with van der Waals surface area (Å²) in [5.41, 5.74) is 11.3. The van der Waals surface area contributed by atoms with Crippen LogP contribution in [0.2, 0.25) is 0 Å². The fraction of sp³-hybridized carbons (Fsp3) is 0. The molecule has 0 aliphatic rings. The van der Waals surface area contributed by atoms with Crippen LogP contribution in [-0.2, 0) is 0 Å². The molecule has 0 unspecified atom stereocenters. The van der Waals surface area contributed by atoms with Gasteiger partial charge in [0.25, 0.3) is 0 Å². The molecule has 7 aromatic carbocycles. The minimum atomic E-state index is 0.899. The lowest BCUT2D eigenvalue weighted by atomic mass is 10.1. The molecule has 0 amide bonds. The number of hydrogen-bond acceptors (Lipinski definition) is 1. The van der Waals surface area contributed by atoms with Crippen molar-refractivity contribution in [2.45, 2.75) is 0 Å². The second-order valence-corrected chi connectivity index (χ2v) is 11.8. The first-order valence-corrected chi connectivity index (χ1v) is 15.4. The molecule has 3 nitrogen and oxygen atoms in total. The van der Waals surface area contributed by atoms with E-state index in [9.17, 15) is 0 Å². The molecule has 210 valence electrons. The van der Waals surface area contributed by atoms with Gasteiger partial charge < -0.3 is 13.6 Å². The van der Waals surface area contributed by atoms with Crippen molar-refractivity contribution in [3.63, 3.8) is 0 Å². The van der Waals surface area contributed by atoms with E-state index >= 15 is 0 Å². The summed E-state index contributed by atoms with van der Waals surface area (Å²) in [6.07, 6.45) is 0. The Morgan fingerprint density at radius 1 is 0.311 bits per heavy atom. The van der Waals surface area contributed by atoms with E-state index in [-0.39, 0.29) is 0 Å². The molecule has 0 radical (unpaired) electrons. The van der Waals surface area contributed by atoms with Crippen molar-refractivity contribution in [1.29, 1.82) is 0 Å². The zero-order valence-electron chi connectivity index (χ0n) is 24.3. The number of fused-ring (bicyclic) bond motifs is 9. The lowest BCUT2D eigenvalue weighted by Crippen LogP contribution is -1.95. The second kappa shape index (κ2) is 9.22. The minimum absolute atomic E-state index is 0.899. The lowest BCUT2D eigenvalue weighted by molar-refractivity contribution is 0.668. The van der Waals surface area contributed by atoms with Gasteiger partial charge in [-0.25, -0.2) is 0 Å². The van der Waals surface area contributed by atoms with Gasteiger partial charge in [0.15, 0.2) is 0 Å². The van der Waals surface area contributed by atoms with Crippen LogP contribution in [0.25, 0.3) is 88.1 Å². The summed E-state index contributed by atoms with van der Waals surface area (Å²) in [6.45, 7) is 0. The largest absolute Gasteiger partial charge is 0.456 e. The Labute approximate surface area is 258 Å². The van der Waals surface area contributed by atoms with E-state index in [0.29, 0.717) is 0 Å². The molecule has 0 aliphatic carbocycles. The summed E-state index contributed by atoms with van der Waals surface area (Å²) in [6, 6.07) is 56.6. The van der Waals surface area contributed by atoms with Gasteiger partial charge in [0.05, 0.1) is 22.1 Å². The third-order valence-corrected chi connectivity index (χ3v) is 9.32. The van der Waals surface area contributed by atoms with E-state index in [1.54, 1.807) is 0 Å². The number of benzene rings is 7. The first kappa shape index (κ1) is 24.4. The van der Waals surface area contributed by atoms with Gasteiger partial charge in [0, 0.05) is 49.8 Å². The van der Waals surface area contributed by atoms with E-state index in [1.165, 1.54) is 54.7 Å². The second-order valence-electron chi connectivity index (χ2n) is 11.8. The van der Waals surface area contributed by atoms with E-state index in [4.69, 9.17) is 4.42 Å². The fourth-order valence-corrected chi connectivity index (χ4v) is 7.27. The summed E-state index contributed by atoms with van der Waals surface area (Å²) in [5.74, 6) is 0. The van der Waals surface area contributed by atoms with Crippen molar-refractivity contribution in [3.8, 4) is 22.5 Å². The van der Waals surface area contributed by atoms with Gasteiger partial charge in [-0.1, -0.05) is 97.1 Å². The highest BCUT2D eigenvalue weighted by molar-refractivity contribution is 6.19. The molecule has 0 bridgehead atoms. The van der Waals surface area contributed by atoms with E-state index in [1.807, 2.05) is 12.1 Å². The van der Waals surface area contributed by atoms with Crippen LogP contribution in [0.4, 0.5) is 0 Å². The number of hydrogen-bond donors (Lipinski definition) is 0. The Kier molecular flexibility index (Phi) is 5.00. The van der Waals surface area contributed by atoms with Crippen LogP contribution < -0.4 is 0 Å². The normalized spacial score (nSPS) is 12.0. The van der Waals surface area contributed by atoms with Crippen LogP contribution in [0.15, 0.2) is 162 Å². The minimum Gasteiger partial charge on any atom is -0.456 e. The van der Waals surface area contributed by atoms with Crippen molar-refractivity contribution in [2.75, 3.05) is 0 Å². The quantitative estimate of drug-likeness (QED) is 0.206. The molecular weight excluding hydrogens is 548 g/mol. The zero-order valence-corrected chi connectivity index (χ0v) is 24.3. The molecule has 0 aliphatic heterocycles. The van der Waals surface area contributed by atoms with Crippen LogP contribution in [0, 0.1) is 0 Å². The molecule has 3 heteroatoms. The van der Waals surface area contributed by atoms with Gasteiger partial charge in [-0.3, -0.25) is 0 Å². The Bertz CT molecular complexity index is 2740. The third kappa shape index (κ3) is 3.52. The Morgan fingerprint density at radius 2 is 0.822 bits per heavy atom. The molecule has 3 aromatic heterocycles. The van der Waals surface area contributed by atoms with Gasteiger partial charge in [0.1, 0.15) is 11.2 Å². The third-order valence-electron chi connectivity index (χ3n) is 9.32. The molecule has 10 rings (SSSR count). The van der Waals surface area contributed by atoms with E-state index < -0.39 is 0 Å². The molecular formula is C42H26N2O. The SMILES string of the molecule is c1ccc(-c2ccc(-n3c4ccccc4c4cc5c(cc43)c3ccccc3n5-c3ccc4c(c3)oc3ccccc34)cc2)cc1. The molecule has 0 saturated carbocycles. The highest BCUT2D eigenvalue weighted by atomic mass is 16.3. The Balaban J connectivity index is 1.24. The van der Waals surface area contributed by atoms with E-state index in [0.717, 1.165) is 33.3 Å². The zero-order chi connectivity index (χ0) is 29.5. The van der Waals surface area contributed by atoms with Crippen molar-refractivity contribution < 1.29 is 4.42 Å². The maximum absolute atomic E-state index is 6.32. The van der Waals surface area contributed by atoms with Crippen LogP contribution in [0.1, 0.15) is 0 Å². The summed E-state index contributed by atoms with van der Waals surface area (Å²) < 4.78 is 11.1. The summed E-state index contributed by atoms with van der Waals surface area (Å²) in [7, 11) is 0. The van der Waals surface area contributed by atoms with Crippen LogP contribution in [-0.4, -0.2) is 9.13 Å². The molecule has 0 atom stereocenters. The monoisotopic (exact) mass is 574 g/mol. The smallest absolute Gasteiger partial charge is 0.137 e. The number of rotatable bonds is 3. The molecule has 0 fully saturated rings. The van der Waals surface area contributed by atoms with Gasteiger partial charge in [0.2, 0.25) is 0 Å². The summed E-state index contributed by atoms with van der Waals surface area (Å²) >= 11 is 0. The Morgan fingerprint density at radius 3 is 1.51 bits per heavy atom. The van der Waals surface area contributed by atoms with Gasteiger partial charge in [-0.15, -0.1) is 0 Å². The first-order chi connectivity index (χ1) is 22.3. The van der Waals surface area contributed by atoms with Crippen LogP contribution in [0.5, 0.6) is 0 Å². The van der Waals surface area contributed by atoms with Gasteiger partial charge in [-0.05, 0) is 65.7 Å². The van der Waals surface area contributed by atoms with Crippen LogP contribution >= 0.6 is 0 Å². The predicted octanol–water partition coefficient (Wildman–Crippen LogP) is 11.4. The highest BCUT2D eigenvalue weighted by Crippen LogP contribution is 2.40. The van der Waals surface area contributed by atoms with E-state index in [2.05, 4.69) is 155 Å². The summed E-state index contributed by atoms with van der Waals surface area (Å²) in [5, 5.41) is 7.22. The molecule has 0 N–H and O–H groups in total. The molecule has 3 heterocycles. The predicted molar refractivity (Wildman–Crippen MR) is 188 cm³/mol. The van der Waals surface area contributed by atoms with Crippen LogP contribution in [0.3, 0.4) is 0 Å². The summed E-state index contributed by atoms with van der Waals surface area (Å²) in [4.78, 5) is 0. The van der Waals surface area contributed by atoms with Crippen molar-refractivity contribution >= 4 is 65.6 Å².